The number of rotatable bonds is 4. The van der Waals surface area contributed by atoms with Crippen LogP contribution in [0.15, 0.2) is 54.7 Å². The number of hydrogen-bond acceptors (Lipinski definition) is 4. The van der Waals surface area contributed by atoms with Gasteiger partial charge < -0.3 is 10.6 Å². The monoisotopic (exact) mass is 382 g/mol. The Labute approximate surface area is 150 Å². The molecule has 2 aromatic carbocycles. The van der Waals surface area contributed by atoms with E-state index in [9.17, 15) is 17.6 Å². The van der Waals surface area contributed by atoms with E-state index in [4.69, 9.17) is 11.6 Å². The fraction of sp³-hybridized carbons (Fsp3) is 0.0588. The van der Waals surface area contributed by atoms with Gasteiger partial charge in [0.2, 0.25) is 5.95 Å². The van der Waals surface area contributed by atoms with Crippen molar-refractivity contribution in [1.29, 1.82) is 0 Å². The van der Waals surface area contributed by atoms with Gasteiger partial charge in [-0.1, -0.05) is 11.6 Å². The number of alkyl halides is 3. The van der Waals surface area contributed by atoms with E-state index < -0.39 is 16.8 Å². The van der Waals surface area contributed by atoms with Crippen molar-refractivity contribution in [3.63, 3.8) is 0 Å². The molecule has 134 valence electrons. The molecule has 0 fully saturated rings. The Kier molecular flexibility index (Phi) is 4.94. The number of nitrogens with zero attached hydrogens (tertiary/aromatic N) is 2. The Bertz CT molecular complexity index is 913. The molecular formula is C17H11ClF4N4. The number of anilines is 4. The molecule has 0 amide bonds. The Morgan fingerprint density at radius 1 is 0.885 bits per heavy atom. The van der Waals surface area contributed by atoms with Crippen molar-refractivity contribution >= 4 is 34.7 Å². The fourth-order valence-electron chi connectivity index (χ4n) is 2.12. The highest BCUT2D eigenvalue weighted by Gasteiger charge is 2.33. The van der Waals surface area contributed by atoms with Gasteiger partial charge in [-0.25, -0.2) is 9.37 Å². The van der Waals surface area contributed by atoms with E-state index >= 15 is 0 Å². The van der Waals surface area contributed by atoms with Crippen molar-refractivity contribution in [2.24, 2.45) is 0 Å². The van der Waals surface area contributed by atoms with Crippen LogP contribution in [-0.4, -0.2) is 9.97 Å². The topological polar surface area (TPSA) is 49.8 Å². The van der Waals surface area contributed by atoms with Crippen LogP contribution in [-0.2, 0) is 6.18 Å². The molecular weight excluding hydrogens is 372 g/mol. The number of halogens is 5. The van der Waals surface area contributed by atoms with Crippen molar-refractivity contribution in [1.82, 2.24) is 9.97 Å². The molecule has 2 N–H and O–H groups in total. The largest absolute Gasteiger partial charge is 0.417 e. The summed E-state index contributed by atoms with van der Waals surface area (Å²) in [6.07, 6.45) is -3.14. The first kappa shape index (κ1) is 17.9. The van der Waals surface area contributed by atoms with Crippen LogP contribution in [0.3, 0.4) is 0 Å². The first-order valence-electron chi connectivity index (χ1n) is 7.31. The lowest BCUT2D eigenvalue weighted by Gasteiger charge is -2.12. The van der Waals surface area contributed by atoms with E-state index in [1.54, 1.807) is 6.07 Å². The Hall–Kier alpha value is -2.87. The molecule has 26 heavy (non-hydrogen) atoms. The third-order valence-corrected chi connectivity index (χ3v) is 3.63. The zero-order chi connectivity index (χ0) is 18.7. The Balaban J connectivity index is 1.80. The van der Waals surface area contributed by atoms with Gasteiger partial charge in [0.15, 0.2) is 0 Å². The predicted octanol–water partition coefficient (Wildman–Crippen LogP) is 5.78. The quantitative estimate of drug-likeness (QED) is 0.562. The summed E-state index contributed by atoms with van der Waals surface area (Å²) in [5.74, 6) is 0.107. The molecule has 0 saturated carbocycles. The second-order valence-electron chi connectivity index (χ2n) is 5.21. The Morgan fingerprint density at radius 3 is 2.27 bits per heavy atom. The summed E-state index contributed by atoms with van der Waals surface area (Å²) in [7, 11) is 0. The van der Waals surface area contributed by atoms with Crippen LogP contribution in [0.2, 0.25) is 5.02 Å². The van der Waals surface area contributed by atoms with Crippen LogP contribution in [0.1, 0.15) is 5.56 Å². The third kappa shape index (κ3) is 4.40. The Morgan fingerprint density at radius 2 is 1.58 bits per heavy atom. The standard InChI is InChI=1S/C17H11ClF4N4/c18-14-6-5-12(9-13(14)17(20,21)22)25-16-23-8-7-15(26-16)24-11-3-1-10(19)2-4-11/h1-9H,(H2,23,24,25,26). The first-order chi connectivity index (χ1) is 12.3. The number of nitrogens with one attached hydrogen (secondary N) is 2. The van der Waals surface area contributed by atoms with Gasteiger partial charge >= 0.3 is 6.18 Å². The summed E-state index contributed by atoms with van der Waals surface area (Å²) in [5, 5.41) is 5.25. The molecule has 0 bridgehead atoms. The second-order valence-corrected chi connectivity index (χ2v) is 5.62. The molecule has 1 heterocycles. The average molecular weight is 383 g/mol. The van der Waals surface area contributed by atoms with Crippen LogP contribution < -0.4 is 10.6 Å². The van der Waals surface area contributed by atoms with Gasteiger partial charge in [-0.05, 0) is 48.5 Å². The minimum Gasteiger partial charge on any atom is -0.340 e. The van der Waals surface area contributed by atoms with E-state index in [-0.39, 0.29) is 17.5 Å². The lowest BCUT2D eigenvalue weighted by atomic mass is 10.2. The van der Waals surface area contributed by atoms with Crippen molar-refractivity contribution in [2.45, 2.75) is 6.18 Å². The first-order valence-corrected chi connectivity index (χ1v) is 7.68. The van der Waals surface area contributed by atoms with Crippen molar-refractivity contribution in [3.8, 4) is 0 Å². The zero-order valence-corrected chi connectivity index (χ0v) is 13.7. The normalized spacial score (nSPS) is 11.3. The summed E-state index contributed by atoms with van der Waals surface area (Å²) in [6, 6.07) is 10.6. The molecule has 3 rings (SSSR count). The molecule has 0 aliphatic heterocycles. The summed E-state index contributed by atoms with van der Waals surface area (Å²) in [5.41, 5.74) is -0.215. The van der Waals surface area contributed by atoms with Gasteiger partial charge in [-0.2, -0.15) is 18.2 Å². The molecule has 0 spiro atoms. The van der Waals surface area contributed by atoms with Crippen LogP contribution in [0.5, 0.6) is 0 Å². The minimum atomic E-state index is -4.57. The fourth-order valence-corrected chi connectivity index (χ4v) is 2.34. The van der Waals surface area contributed by atoms with Gasteiger partial charge in [0.1, 0.15) is 11.6 Å². The maximum absolute atomic E-state index is 12.9. The van der Waals surface area contributed by atoms with E-state index in [2.05, 4.69) is 20.6 Å². The van der Waals surface area contributed by atoms with Gasteiger partial charge in [-0.3, -0.25) is 0 Å². The van der Waals surface area contributed by atoms with Crippen molar-refractivity contribution in [3.05, 3.63) is 71.1 Å². The van der Waals surface area contributed by atoms with Crippen LogP contribution in [0.25, 0.3) is 0 Å². The number of aromatic nitrogens is 2. The number of benzene rings is 2. The molecule has 4 nitrogen and oxygen atoms in total. The van der Waals surface area contributed by atoms with Crippen molar-refractivity contribution in [2.75, 3.05) is 10.6 Å². The van der Waals surface area contributed by atoms with Gasteiger partial charge in [-0.15, -0.1) is 0 Å². The van der Waals surface area contributed by atoms with E-state index in [0.29, 0.717) is 11.5 Å². The van der Waals surface area contributed by atoms with Crippen LogP contribution in [0, 0.1) is 5.82 Å². The molecule has 0 aliphatic carbocycles. The molecule has 0 atom stereocenters. The predicted molar refractivity (Wildman–Crippen MR) is 91.5 cm³/mol. The minimum absolute atomic E-state index is 0.0903. The lowest BCUT2D eigenvalue weighted by Crippen LogP contribution is -2.07. The molecule has 9 heteroatoms. The number of hydrogen-bond donors (Lipinski definition) is 2. The van der Waals surface area contributed by atoms with Crippen LogP contribution >= 0.6 is 11.6 Å². The smallest absolute Gasteiger partial charge is 0.340 e. The SMILES string of the molecule is Fc1ccc(Nc2ccnc(Nc3ccc(Cl)c(C(F)(F)F)c3)n2)cc1. The highest BCUT2D eigenvalue weighted by atomic mass is 35.5. The maximum atomic E-state index is 12.9. The molecule has 1 aromatic heterocycles. The third-order valence-electron chi connectivity index (χ3n) is 3.30. The van der Waals surface area contributed by atoms with E-state index in [1.165, 1.54) is 36.5 Å². The van der Waals surface area contributed by atoms with Crippen molar-refractivity contribution < 1.29 is 17.6 Å². The summed E-state index contributed by atoms with van der Waals surface area (Å²) < 4.78 is 51.7. The molecule has 0 unspecified atom stereocenters. The maximum Gasteiger partial charge on any atom is 0.417 e. The lowest BCUT2D eigenvalue weighted by molar-refractivity contribution is -0.137. The van der Waals surface area contributed by atoms with Gasteiger partial charge in [0, 0.05) is 17.6 Å². The van der Waals surface area contributed by atoms with Gasteiger partial charge in [0.25, 0.3) is 0 Å². The highest BCUT2D eigenvalue weighted by Crippen LogP contribution is 2.36. The van der Waals surface area contributed by atoms with Crippen LogP contribution in [0.4, 0.5) is 40.7 Å². The second kappa shape index (κ2) is 7.17. The molecule has 0 saturated heterocycles. The summed E-state index contributed by atoms with van der Waals surface area (Å²) >= 11 is 5.59. The van der Waals surface area contributed by atoms with E-state index in [0.717, 1.165) is 12.1 Å². The summed E-state index contributed by atoms with van der Waals surface area (Å²) in [6.45, 7) is 0. The zero-order valence-electron chi connectivity index (χ0n) is 13.0. The average Bonchev–Trinajstić information content (AvgIpc) is 2.58. The molecule has 0 aliphatic rings. The molecule has 3 aromatic rings. The van der Waals surface area contributed by atoms with Gasteiger partial charge in [0.05, 0.1) is 10.6 Å². The molecule has 0 radical (unpaired) electrons. The summed E-state index contributed by atoms with van der Waals surface area (Å²) in [4.78, 5) is 8.13. The van der Waals surface area contributed by atoms with E-state index in [1.807, 2.05) is 0 Å². The highest BCUT2D eigenvalue weighted by molar-refractivity contribution is 6.31.